The lowest BCUT2D eigenvalue weighted by molar-refractivity contribution is -0.309. The summed E-state index contributed by atoms with van der Waals surface area (Å²) in [5.74, 6) is 0.343. The van der Waals surface area contributed by atoms with Crippen molar-refractivity contribution in [2.45, 2.75) is 57.1 Å². The summed E-state index contributed by atoms with van der Waals surface area (Å²) in [5, 5.41) is 49.3. The second-order valence-electron chi connectivity index (χ2n) is 7.05. The molecule has 0 amide bonds. The Morgan fingerprint density at radius 2 is 1.86 bits per heavy atom. The van der Waals surface area contributed by atoms with Crippen molar-refractivity contribution in [2.24, 2.45) is 0 Å². The van der Waals surface area contributed by atoms with Crippen molar-refractivity contribution in [1.82, 2.24) is 0 Å². The van der Waals surface area contributed by atoms with Crippen molar-refractivity contribution in [3.05, 3.63) is 39.7 Å². The second kappa shape index (κ2) is 8.16. The van der Waals surface area contributed by atoms with Gasteiger partial charge in [0.15, 0.2) is 11.7 Å². The molecule has 154 valence electrons. The summed E-state index contributed by atoms with van der Waals surface area (Å²) in [5.41, 5.74) is 0.481. The smallest absolute Gasteiger partial charge is 0.193 e. The van der Waals surface area contributed by atoms with Crippen LogP contribution in [0.15, 0.2) is 27.4 Å². The van der Waals surface area contributed by atoms with Gasteiger partial charge in [-0.25, -0.2) is 0 Å². The lowest BCUT2D eigenvalue weighted by Crippen LogP contribution is -2.59. The number of aryl methyl sites for hydroxylation is 1. The molecule has 1 aromatic heterocycles. The summed E-state index contributed by atoms with van der Waals surface area (Å²) >= 11 is 0. The zero-order chi connectivity index (χ0) is 20.6. The molecule has 6 unspecified atom stereocenters. The molecule has 3 rings (SSSR count). The van der Waals surface area contributed by atoms with Crippen molar-refractivity contribution in [3.63, 3.8) is 0 Å². The SMILES string of the molecule is Cc1cc(=O)c2c(CC(C)OC3OC(CO)C(O)C(O)C3O)cc(O)cc2o1. The van der Waals surface area contributed by atoms with Crippen LogP contribution in [0.4, 0.5) is 0 Å². The molecule has 1 saturated heterocycles. The largest absolute Gasteiger partial charge is 0.508 e. The van der Waals surface area contributed by atoms with E-state index >= 15 is 0 Å². The van der Waals surface area contributed by atoms with Crippen molar-refractivity contribution < 1.29 is 39.4 Å². The van der Waals surface area contributed by atoms with Gasteiger partial charge in [0.1, 0.15) is 41.5 Å². The minimum absolute atomic E-state index is 0.0729. The van der Waals surface area contributed by atoms with E-state index in [4.69, 9.17) is 13.9 Å². The van der Waals surface area contributed by atoms with Gasteiger partial charge >= 0.3 is 0 Å². The molecule has 9 nitrogen and oxygen atoms in total. The van der Waals surface area contributed by atoms with E-state index in [2.05, 4.69) is 0 Å². The topological polar surface area (TPSA) is 150 Å². The van der Waals surface area contributed by atoms with E-state index in [1.807, 2.05) is 0 Å². The van der Waals surface area contributed by atoms with Gasteiger partial charge in [0.2, 0.25) is 0 Å². The lowest BCUT2D eigenvalue weighted by atomic mass is 9.99. The lowest BCUT2D eigenvalue weighted by Gasteiger charge is -2.40. The molecule has 0 bridgehead atoms. The molecule has 2 aromatic rings. The fourth-order valence-corrected chi connectivity index (χ4v) is 3.40. The minimum Gasteiger partial charge on any atom is -0.508 e. The Hall–Kier alpha value is -2.01. The van der Waals surface area contributed by atoms with Gasteiger partial charge in [0, 0.05) is 12.1 Å². The Labute approximate surface area is 160 Å². The third kappa shape index (κ3) is 4.04. The molecule has 6 atom stereocenters. The molecule has 1 aliphatic heterocycles. The molecule has 1 fully saturated rings. The van der Waals surface area contributed by atoms with Crippen LogP contribution in [-0.4, -0.2) is 68.9 Å². The van der Waals surface area contributed by atoms with Crippen molar-refractivity contribution in [1.29, 1.82) is 0 Å². The number of phenolic OH excluding ortho intramolecular Hbond substituents is 1. The van der Waals surface area contributed by atoms with E-state index < -0.39 is 43.4 Å². The minimum atomic E-state index is -1.54. The van der Waals surface area contributed by atoms with Gasteiger partial charge in [-0.3, -0.25) is 4.79 Å². The number of aliphatic hydroxyl groups is 4. The van der Waals surface area contributed by atoms with Crippen LogP contribution in [0.2, 0.25) is 0 Å². The molecule has 2 heterocycles. The van der Waals surface area contributed by atoms with Gasteiger partial charge < -0.3 is 39.4 Å². The quantitative estimate of drug-likeness (QED) is 0.453. The number of aromatic hydroxyl groups is 1. The van der Waals surface area contributed by atoms with Crippen LogP contribution in [0, 0.1) is 6.92 Å². The molecular weight excluding hydrogens is 372 g/mol. The van der Waals surface area contributed by atoms with Crippen LogP contribution in [0.5, 0.6) is 5.75 Å². The van der Waals surface area contributed by atoms with Crippen molar-refractivity contribution >= 4 is 11.0 Å². The average molecular weight is 396 g/mol. The highest BCUT2D eigenvalue weighted by molar-refractivity contribution is 5.82. The van der Waals surface area contributed by atoms with E-state index in [9.17, 15) is 30.3 Å². The number of ether oxygens (including phenoxy) is 2. The Morgan fingerprint density at radius 1 is 1.14 bits per heavy atom. The van der Waals surface area contributed by atoms with Crippen LogP contribution in [0.3, 0.4) is 0 Å². The predicted octanol–water partition coefficient (Wildman–Crippen LogP) is -0.445. The van der Waals surface area contributed by atoms with E-state index in [0.717, 1.165) is 0 Å². The Kier molecular flexibility index (Phi) is 6.04. The first-order valence-corrected chi connectivity index (χ1v) is 8.93. The van der Waals surface area contributed by atoms with Gasteiger partial charge in [-0.2, -0.15) is 0 Å². The fraction of sp³-hybridized carbons (Fsp3) is 0.526. The van der Waals surface area contributed by atoms with Crippen LogP contribution in [0.25, 0.3) is 11.0 Å². The second-order valence-corrected chi connectivity index (χ2v) is 7.05. The van der Waals surface area contributed by atoms with Gasteiger partial charge in [0.25, 0.3) is 0 Å². The summed E-state index contributed by atoms with van der Waals surface area (Å²) in [7, 11) is 0. The Bertz CT molecular complexity index is 886. The van der Waals surface area contributed by atoms with Crippen LogP contribution in [-0.2, 0) is 15.9 Å². The van der Waals surface area contributed by atoms with Crippen molar-refractivity contribution in [2.75, 3.05) is 6.61 Å². The normalized spacial score (nSPS) is 29.1. The zero-order valence-electron chi connectivity index (χ0n) is 15.5. The molecule has 0 aliphatic carbocycles. The van der Waals surface area contributed by atoms with Crippen LogP contribution < -0.4 is 5.43 Å². The molecule has 5 N–H and O–H groups in total. The number of hydrogen-bond acceptors (Lipinski definition) is 9. The molecule has 9 heteroatoms. The maximum Gasteiger partial charge on any atom is 0.193 e. The van der Waals surface area contributed by atoms with Gasteiger partial charge in [0.05, 0.1) is 18.1 Å². The van der Waals surface area contributed by atoms with Gasteiger partial charge in [-0.05, 0) is 31.9 Å². The highest BCUT2D eigenvalue weighted by Gasteiger charge is 2.44. The van der Waals surface area contributed by atoms with Crippen LogP contribution in [0.1, 0.15) is 18.2 Å². The van der Waals surface area contributed by atoms with E-state index in [0.29, 0.717) is 16.7 Å². The third-order valence-electron chi connectivity index (χ3n) is 4.74. The summed E-state index contributed by atoms with van der Waals surface area (Å²) in [6, 6.07) is 4.14. The number of fused-ring (bicyclic) bond motifs is 1. The summed E-state index contributed by atoms with van der Waals surface area (Å²) in [4.78, 5) is 12.4. The number of rotatable bonds is 5. The maximum absolute atomic E-state index is 12.4. The summed E-state index contributed by atoms with van der Waals surface area (Å²) in [6.45, 7) is 2.74. The van der Waals surface area contributed by atoms with E-state index in [1.165, 1.54) is 18.2 Å². The molecule has 0 spiro atoms. The summed E-state index contributed by atoms with van der Waals surface area (Å²) < 4.78 is 16.5. The predicted molar refractivity (Wildman–Crippen MR) is 96.9 cm³/mol. The number of phenols is 1. The first kappa shape index (κ1) is 20.7. The summed E-state index contributed by atoms with van der Waals surface area (Å²) in [6.07, 6.45) is -7.33. The molecule has 0 radical (unpaired) electrons. The van der Waals surface area contributed by atoms with Gasteiger partial charge in [-0.15, -0.1) is 0 Å². The monoisotopic (exact) mass is 396 g/mol. The Balaban J connectivity index is 1.82. The van der Waals surface area contributed by atoms with Crippen LogP contribution >= 0.6 is 0 Å². The fourth-order valence-electron chi connectivity index (χ4n) is 3.40. The molecule has 1 aliphatic rings. The first-order chi connectivity index (χ1) is 13.2. The molecule has 0 saturated carbocycles. The van der Waals surface area contributed by atoms with Crippen molar-refractivity contribution in [3.8, 4) is 5.75 Å². The number of aliphatic hydroxyl groups excluding tert-OH is 4. The Morgan fingerprint density at radius 3 is 2.54 bits per heavy atom. The third-order valence-corrected chi connectivity index (χ3v) is 4.74. The van der Waals surface area contributed by atoms with E-state index in [1.54, 1.807) is 13.8 Å². The zero-order valence-corrected chi connectivity index (χ0v) is 15.5. The molecular formula is C19H24O9. The highest BCUT2D eigenvalue weighted by atomic mass is 16.7. The number of hydrogen-bond donors (Lipinski definition) is 5. The average Bonchev–Trinajstić information content (AvgIpc) is 2.61. The van der Waals surface area contributed by atoms with E-state index in [-0.39, 0.29) is 23.2 Å². The molecule has 28 heavy (non-hydrogen) atoms. The standard InChI is InChI=1S/C19H24O9/c1-8(27-19-18(25)17(24)16(23)14(7-20)28-19)3-10-5-11(21)6-13-15(10)12(22)4-9(2)26-13/h4-6,8,14,16-21,23-25H,3,7H2,1-2H3. The maximum atomic E-state index is 12.4. The highest BCUT2D eigenvalue weighted by Crippen LogP contribution is 2.27. The number of benzene rings is 1. The molecule has 1 aromatic carbocycles. The first-order valence-electron chi connectivity index (χ1n) is 8.93. The van der Waals surface area contributed by atoms with Gasteiger partial charge in [-0.1, -0.05) is 0 Å².